The average molecular weight is 491 g/mol. The highest BCUT2D eigenvalue weighted by Crippen LogP contribution is 2.67. The summed E-state index contributed by atoms with van der Waals surface area (Å²) < 4.78 is 6.24. The van der Waals surface area contributed by atoms with Gasteiger partial charge in [0.1, 0.15) is 0 Å². The Labute approximate surface area is 217 Å². The van der Waals surface area contributed by atoms with Gasteiger partial charge >= 0.3 is 0 Å². The second-order valence-corrected chi connectivity index (χ2v) is 14.2. The van der Waals surface area contributed by atoms with Gasteiger partial charge in [0.15, 0.2) is 0 Å². The lowest BCUT2D eigenvalue weighted by molar-refractivity contribution is -0.0975. The van der Waals surface area contributed by atoms with Gasteiger partial charge in [-0.3, -0.25) is 0 Å². The molecule has 0 saturated heterocycles. The van der Waals surface area contributed by atoms with Crippen molar-refractivity contribution in [2.75, 3.05) is 6.61 Å². The second kappa shape index (κ2) is 10.8. The van der Waals surface area contributed by atoms with Gasteiger partial charge < -0.3 is 14.9 Å². The lowest BCUT2D eigenvalue weighted by atomic mass is 9.46. The highest BCUT2D eigenvalue weighted by atomic mass is 16.5. The van der Waals surface area contributed by atoms with Crippen LogP contribution in [0.1, 0.15) is 127 Å². The van der Waals surface area contributed by atoms with E-state index in [4.69, 9.17) is 4.74 Å². The molecule has 35 heavy (non-hydrogen) atoms. The van der Waals surface area contributed by atoms with Crippen molar-refractivity contribution in [1.82, 2.24) is 0 Å². The maximum atomic E-state index is 10.2. The Balaban J connectivity index is 0.00000167. The predicted octanol–water partition coefficient (Wildman–Crippen LogP) is 7.93. The molecule has 3 nitrogen and oxygen atoms in total. The van der Waals surface area contributed by atoms with E-state index in [0.717, 1.165) is 42.9 Å². The number of hydrogen-bond acceptors (Lipinski definition) is 3. The van der Waals surface area contributed by atoms with E-state index in [0.29, 0.717) is 23.4 Å². The van der Waals surface area contributed by atoms with Crippen molar-refractivity contribution in [3.63, 3.8) is 0 Å². The van der Waals surface area contributed by atoms with Gasteiger partial charge in [-0.2, -0.15) is 0 Å². The molecule has 0 bridgehead atoms. The lowest BCUT2D eigenvalue weighted by Gasteiger charge is -2.59. The molecule has 5 unspecified atom stereocenters. The highest BCUT2D eigenvalue weighted by molar-refractivity contribution is 5.27. The van der Waals surface area contributed by atoms with Crippen LogP contribution in [-0.4, -0.2) is 34.1 Å². The van der Waals surface area contributed by atoms with Gasteiger partial charge in [0.25, 0.3) is 0 Å². The van der Waals surface area contributed by atoms with Crippen molar-refractivity contribution in [2.24, 2.45) is 40.4 Å². The Morgan fingerprint density at radius 1 is 0.943 bits per heavy atom. The summed E-state index contributed by atoms with van der Waals surface area (Å²) in [6, 6.07) is 0. The summed E-state index contributed by atoms with van der Waals surface area (Å²) in [5.41, 5.74) is 1.21. The maximum absolute atomic E-state index is 10.2. The zero-order chi connectivity index (χ0) is 26.2. The molecule has 0 radical (unpaired) electrons. The standard InChI is InChI=1S/C30H52O3.C2H6/c1-20-23-13-11-22-24-12-10-21(9-8-16-27(2,3)31)29(24,6)17-14-25(22)30(23,7)18-15-26(20)33-19-28(4,5)32;1-2/h13,20-22,24-26,31-32H,8-12,14-19H2,1-7H3;1-2H3/t20-,21?,22+,24?,25?,26?,29-,30?;/m1./s1. The van der Waals surface area contributed by atoms with E-state index in [1.165, 1.54) is 44.9 Å². The van der Waals surface area contributed by atoms with Crippen LogP contribution in [0.3, 0.4) is 0 Å². The van der Waals surface area contributed by atoms with Crippen molar-refractivity contribution >= 4 is 0 Å². The van der Waals surface area contributed by atoms with E-state index in [-0.39, 0.29) is 6.10 Å². The zero-order valence-corrected chi connectivity index (χ0v) is 24.6. The summed E-state index contributed by atoms with van der Waals surface area (Å²) in [5.74, 6) is 3.84. The minimum absolute atomic E-state index is 0.243. The monoisotopic (exact) mass is 490 g/mol. The summed E-state index contributed by atoms with van der Waals surface area (Å²) in [4.78, 5) is 0. The first-order valence-electron chi connectivity index (χ1n) is 15.0. The maximum Gasteiger partial charge on any atom is 0.0824 e. The second-order valence-electron chi connectivity index (χ2n) is 14.2. The van der Waals surface area contributed by atoms with Gasteiger partial charge in [-0.1, -0.05) is 52.7 Å². The fraction of sp³-hybridized carbons (Fsp3) is 0.938. The minimum Gasteiger partial charge on any atom is -0.390 e. The van der Waals surface area contributed by atoms with Crippen LogP contribution in [0.15, 0.2) is 11.6 Å². The fourth-order valence-corrected chi connectivity index (χ4v) is 8.95. The lowest BCUT2D eigenvalue weighted by Crippen LogP contribution is -2.52. The zero-order valence-electron chi connectivity index (χ0n) is 24.6. The van der Waals surface area contributed by atoms with E-state index in [2.05, 4.69) is 26.8 Å². The quantitative estimate of drug-likeness (QED) is 0.356. The fourth-order valence-electron chi connectivity index (χ4n) is 8.95. The molecule has 3 fully saturated rings. The smallest absolute Gasteiger partial charge is 0.0824 e. The van der Waals surface area contributed by atoms with E-state index in [1.807, 2.05) is 41.5 Å². The van der Waals surface area contributed by atoms with E-state index in [9.17, 15) is 10.2 Å². The van der Waals surface area contributed by atoms with E-state index >= 15 is 0 Å². The molecule has 4 rings (SSSR count). The van der Waals surface area contributed by atoms with Crippen molar-refractivity contribution < 1.29 is 14.9 Å². The topological polar surface area (TPSA) is 49.7 Å². The molecule has 4 aliphatic carbocycles. The van der Waals surface area contributed by atoms with Crippen LogP contribution in [0.4, 0.5) is 0 Å². The number of fused-ring (bicyclic) bond motifs is 5. The Bertz CT molecular complexity index is 728. The molecular formula is C32H58O3. The molecule has 0 aliphatic heterocycles. The van der Waals surface area contributed by atoms with Crippen molar-refractivity contribution in [3.05, 3.63) is 11.6 Å². The van der Waals surface area contributed by atoms with Gasteiger partial charge in [0, 0.05) is 5.92 Å². The Kier molecular flexibility index (Phi) is 8.98. The van der Waals surface area contributed by atoms with Crippen LogP contribution in [0.25, 0.3) is 0 Å². The molecular weight excluding hydrogens is 432 g/mol. The minimum atomic E-state index is -0.758. The molecule has 0 aromatic heterocycles. The molecule has 8 atom stereocenters. The molecule has 4 aliphatic rings. The molecule has 0 aromatic rings. The third kappa shape index (κ3) is 6.04. The number of ether oxygens (including phenoxy) is 1. The largest absolute Gasteiger partial charge is 0.390 e. The SMILES string of the molecule is CC.C[C@@H]1C2=CC[C@@H]3C(CC[C@]4(C)C(CCCC(C)(C)O)CCC34)C2(C)CCC1OCC(C)(C)O. The van der Waals surface area contributed by atoms with Crippen LogP contribution in [0.2, 0.25) is 0 Å². The van der Waals surface area contributed by atoms with E-state index < -0.39 is 11.2 Å². The summed E-state index contributed by atoms with van der Waals surface area (Å²) in [7, 11) is 0. The molecule has 0 aromatic carbocycles. The first kappa shape index (κ1) is 29.2. The summed E-state index contributed by atoms with van der Waals surface area (Å²) in [6.07, 6.45) is 15.5. The third-order valence-corrected chi connectivity index (χ3v) is 10.7. The molecule has 204 valence electrons. The van der Waals surface area contributed by atoms with Crippen LogP contribution in [0.5, 0.6) is 0 Å². The van der Waals surface area contributed by atoms with Crippen LogP contribution in [-0.2, 0) is 4.74 Å². The number of allylic oxidation sites excluding steroid dienone is 1. The highest BCUT2D eigenvalue weighted by Gasteiger charge is 2.59. The van der Waals surface area contributed by atoms with Gasteiger partial charge in [0.05, 0.1) is 23.9 Å². The molecule has 3 saturated carbocycles. The van der Waals surface area contributed by atoms with Gasteiger partial charge in [-0.15, -0.1) is 0 Å². The van der Waals surface area contributed by atoms with Gasteiger partial charge in [-0.05, 0) is 120 Å². The Morgan fingerprint density at radius 2 is 1.63 bits per heavy atom. The molecule has 0 amide bonds. The first-order valence-corrected chi connectivity index (χ1v) is 15.0. The molecule has 0 spiro atoms. The van der Waals surface area contributed by atoms with Crippen LogP contribution in [0, 0.1) is 40.4 Å². The van der Waals surface area contributed by atoms with Crippen molar-refractivity contribution in [1.29, 1.82) is 0 Å². The molecule has 3 heteroatoms. The first-order chi connectivity index (χ1) is 16.2. The Morgan fingerprint density at radius 3 is 2.26 bits per heavy atom. The third-order valence-electron chi connectivity index (χ3n) is 10.7. The summed E-state index contributed by atoms with van der Waals surface area (Å²) >= 11 is 0. The van der Waals surface area contributed by atoms with Crippen LogP contribution >= 0.6 is 0 Å². The number of rotatable bonds is 7. The van der Waals surface area contributed by atoms with Crippen molar-refractivity contribution in [2.45, 2.75) is 144 Å². The number of aliphatic hydroxyl groups is 2. The summed E-state index contributed by atoms with van der Waals surface area (Å²) in [5, 5.41) is 20.3. The summed E-state index contributed by atoms with van der Waals surface area (Å²) in [6.45, 7) is 19.6. The van der Waals surface area contributed by atoms with Crippen molar-refractivity contribution in [3.8, 4) is 0 Å². The molecule has 0 heterocycles. The van der Waals surface area contributed by atoms with Crippen LogP contribution < -0.4 is 0 Å². The molecule has 2 N–H and O–H groups in total. The number of hydrogen-bond donors (Lipinski definition) is 2. The normalized spacial score (nSPS) is 41.2. The van der Waals surface area contributed by atoms with Gasteiger partial charge in [0.2, 0.25) is 0 Å². The van der Waals surface area contributed by atoms with E-state index in [1.54, 1.807) is 5.57 Å². The average Bonchev–Trinajstić information content (AvgIpc) is 3.09. The van der Waals surface area contributed by atoms with Gasteiger partial charge in [-0.25, -0.2) is 0 Å². The Hall–Kier alpha value is -0.380. The predicted molar refractivity (Wildman–Crippen MR) is 147 cm³/mol.